The number of alkyl halides is 3. The van der Waals surface area contributed by atoms with E-state index >= 15 is 0 Å². The van der Waals surface area contributed by atoms with Gasteiger partial charge in [-0.3, -0.25) is 9.59 Å². The number of rotatable bonds is 10. The minimum absolute atomic E-state index is 0.129. The van der Waals surface area contributed by atoms with Gasteiger partial charge in [-0.25, -0.2) is 0 Å². The summed E-state index contributed by atoms with van der Waals surface area (Å²) in [5, 5.41) is 0. The number of amides is 2. The molecule has 1 atom stereocenters. The molecule has 8 nitrogen and oxygen atoms in total. The number of benzene rings is 1. The molecule has 214 valence electrons. The lowest BCUT2D eigenvalue weighted by Gasteiger charge is -2.33. The Balaban J connectivity index is 1.53. The summed E-state index contributed by atoms with van der Waals surface area (Å²) in [7, 11) is 7.62. The molecule has 2 amide bonds. The van der Waals surface area contributed by atoms with E-state index < -0.39 is 18.0 Å². The molecular weight excluding hydrogens is 513 g/mol. The first-order chi connectivity index (χ1) is 18.5. The summed E-state index contributed by atoms with van der Waals surface area (Å²) in [6.07, 6.45) is -1.49. The Morgan fingerprint density at radius 2 is 1.77 bits per heavy atom. The first kappa shape index (κ1) is 30.0. The van der Waals surface area contributed by atoms with E-state index in [0.29, 0.717) is 17.9 Å². The molecule has 11 heteroatoms. The van der Waals surface area contributed by atoms with Crippen LogP contribution in [-0.2, 0) is 4.79 Å². The Morgan fingerprint density at radius 1 is 1.08 bits per heavy atom. The van der Waals surface area contributed by atoms with Gasteiger partial charge in [-0.05, 0) is 61.4 Å². The molecule has 0 saturated carbocycles. The number of carbonyl (C=O) groups excluding carboxylic acids is 2. The largest absolute Gasteiger partial charge is 0.497 e. The smallest absolute Gasteiger partial charge is 0.404 e. The third-order valence-corrected chi connectivity index (χ3v) is 7.10. The van der Waals surface area contributed by atoms with Gasteiger partial charge >= 0.3 is 6.18 Å². The molecule has 1 unspecified atom stereocenters. The highest BCUT2D eigenvalue weighted by molar-refractivity contribution is 5.96. The molecule has 1 aliphatic rings. The first-order valence-electron chi connectivity index (χ1n) is 12.9. The van der Waals surface area contributed by atoms with Gasteiger partial charge in [-0.15, -0.1) is 0 Å². The highest BCUT2D eigenvalue weighted by Gasteiger charge is 2.47. The van der Waals surface area contributed by atoms with Gasteiger partial charge in [-0.1, -0.05) is 12.1 Å². The van der Waals surface area contributed by atoms with E-state index in [-0.39, 0.29) is 29.6 Å². The van der Waals surface area contributed by atoms with Crippen LogP contribution < -0.4 is 14.4 Å². The Morgan fingerprint density at radius 3 is 2.36 bits per heavy atom. The number of pyridine rings is 1. The molecule has 1 fully saturated rings. The van der Waals surface area contributed by atoms with Crippen LogP contribution in [-0.4, -0.2) is 87.8 Å². The molecule has 0 aliphatic carbocycles. The van der Waals surface area contributed by atoms with Crippen LogP contribution in [0.3, 0.4) is 0 Å². The number of piperidine rings is 1. The summed E-state index contributed by atoms with van der Waals surface area (Å²) in [6.45, 7) is 1.78. The summed E-state index contributed by atoms with van der Waals surface area (Å²) in [6, 6.07) is 9.11. The average molecular weight is 551 g/mol. The molecule has 2 heterocycles. The fraction of sp³-hybridized carbons (Fsp3) is 0.536. The second-order valence-electron chi connectivity index (χ2n) is 10.0. The SMILES string of the molecule is COc1cccc(C(C(=O)N(C)CCCC2CCN(c3ccc(C(=O)N(C)C)c(OC)n3)CC2)C(F)(F)F)c1. The van der Waals surface area contributed by atoms with Crippen molar-refractivity contribution in [3.8, 4) is 11.6 Å². The number of anilines is 1. The molecule has 0 bridgehead atoms. The van der Waals surface area contributed by atoms with Crippen molar-refractivity contribution in [2.24, 2.45) is 5.92 Å². The number of aromatic nitrogens is 1. The highest BCUT2D eigenvalue weighted by Crippen LogP contribution is 2.37. The molecule has 1 aromatic heterocycles. The van der Waals surface area contributed by atoms with Gasteiger partial charge in [0.2, 0.25) is 11.8 Å². The standard InChI is InChI=1S/C28H37F3N4O4/c1-33(2)26(36)22-11-12-23(32-25(22)39-5)35-16-13-19(14-17-35)8-7-15-34(3)27(37)24(28(29,30)31)20-9-6-10-21(18-20)38-4/h6,9-12,18-19,24H,7-8,13-17H2,1-5H3. The molecule has 0 radical (unpaired) electrons. The van der Waals surface area contributed by atoms with Gasteiger partial charge in [-0.2, -0.15) is 18.2 Å². The third-order valence-electron chi connectivity index (χ3n) is 7.10. The number of nitrogens with zero attached hydrogens (tertiary/aromatic N) is 4. The fourth-order valence-electron chi connectivity index (χ4n) is 4.86. The molecule has 0 N–H and O–H groups in total. The molecule has 1 aromatic carbocycles. The average Bonchev–Trinajstić information content (AvgIpc) is 2.91. The van der Waals surface area contributed by atoms with Crippen molar-refractivity contribution in [3.63, 3.8) is 0 Å². The van der Waals surface area contributed by atoms with Crippen LogP contribution in [0, 0.1) is 5.92 Å². The number of carbonyl (C=O) groups is 2. The first-order valence-corrected chi connectivity index (χ1v) is 12.9. The Labute approximate surface area is 227 Å². The van der Waals surface area contributed by atoms with Crippen LogP contribution in [0.15, 0.2) is 36.4 Å². The summed E-state index contributed by atoms with van der Waals surface area (Å²) in [5.74, 6) is -1.69. The lowest BCUT2D eigenvalue weighted by atomic mass is 9.92. The molecular formula is C28H37F3N4O4. The van der Waals surface area contributed by atoms with Crippen LogP contribution in [0.1, 0.15) is 47.5 Å². The lowest BCUT2D eigenvalue weighted by Crippen LogP contribution is -2.39. The topological polar surface area (TPSA) is 75.2 Å². The molecule has 1 aliphatic heterocycles. The van der Waals surface area contributed by atoms with Crippen LogP contribution in [0.4, 0.5) is 19.0 Å². The summed E-state index contributed by atoms with van der Waals surface area (Å²) in [4.78, 5) is 34.5. The van der Waals surface area contributed by atoms with Crippen molar-refractivity contribution in [1.82, 2.24) is 14.8 Å². The molecule has 0 spiro atoms. The molecule has 2 aromatic rings. The predicted molar refractivity (Wildman–Crippen MR) is 142 cm³/mol. The monoisotopic (exact) mass is 550 g/mol. The number of likely N-dealkylation sites (N-methyl/N-ethyl adjacent to an activating group) is 1. The Bertz CT molecular complexity index is 1130. The van der Waals surface area contributed by atoms with Crippen molar-refractivity contribution in [3.05, 3.63) is 47.5 Å². The highest BCUT2D eigenvalue weighted by atomic mass is 19.4. The second-order valence-corrected chi connectivity index (χ2v) is 10.0. The maximum Gasteiger partial charge on any atom is 0.404 e. The van der Waals surface area contributed by atoms with Gasteiger partial charge in [0.05, 0.1) is 14.2 Å². The van der Waals surface area contributed by atoms with Gasteiger partial charge in [0.15, 0.2) is 5.92 Å². The zero-order valence-corrected chi connectivity index (χ0v) is 23.1. The zero-order chi connectivity index (χ0) is 28.7. The van der Waals surface area contributed by atoms with Crippen molar-refractivity contribution >= 4 is 17.6 Å². The van der Waals surface area contributed by atoms with E-state index in [2.05, 4.69) is 9.88 Å². The lowest BCUT2D eigenvalue weighted by molar-refractivity contribution is -0.171. The summed E-state index contributed by atoms with van der Waals surface area (Å²) in [5.41, 5.74) is 0.273. The number of hydrogen-bond donors (Lipinski definition) is 0. The van der Waals surface area contributed by atoms with Gasteiger partial charge in [0, 0.05) is 40.8 Å². The zero-order valence-electron chi connectivity index (χ0n) is 23.1. The van der Waals surface area contributed by atoms with E-state index in [4.69, 9.17) is 9.47 Å². The van der Waals surface area contributed by atoms with Crippen molar-refractivity contribution in [2.45, 2.75) is 37.8 Å². The van der Waals surface area contributed by atoms with Gasteiger partial charge < -0.3 is 24.2 Å². The quantitative estimate of drug-likeness (QED) is 0.431. The predicted octanol–water partition coefficient (Wildman–Crippen LogP) is 4.60. The van der Waals surface area contributed by atoms with Gasteiger partial charge in [0.1, 0.15) is 17.1 Å². The van der Waals surface area contributed by atoms with E-state index in [1.54, 1.807) is 26.2 Å². The van der Waals surface area contributed by atoms with E-state index in [1.165, 1.54) is 49.3 Å². The van der Waals surface area contributed by atoms with Crippen LogP contribution in [0.5, 0.6) is 11.6 Å². The normalized spacial score (nSPS) is 15.0. The number of halogens is 3. The van der Waals surface area contributed by atoms with Crippen molar-refractivity contribution in [1.29, 1.82) is 0 Å². The van der Waals surface area contributed by atoms with Crippen molar-refractivity contribution < 1.29 is 32.2 Å². The second kappa shape index (κ2) is 13.0. The Hall–Kier alpha value is -3.50. The number of methoxy groups -OCH3 is 2. The third kappa shape index (κ3) is 7.54. The maximum absolute atomic E-state index is 13.9. The summed E-state index contributed by atoms with van der Waals surface area (Å²) < 4.78 is 52.0. The Kier molecular flexibility index (Phi) is 10.0. The number of ether oxygens (including phenoxy) is 2. The maximum atomic E-state index is 13.9. The fourth-order valence-corrected chi connectivity index (χ4v) is 4.86. The minimum Gasteiger partial charge on any atom is -0.497 e. The number of hydrogen-bond acceptors (Lipinski definition) is 6. The van der Waals surface area contributed by atoms with E-state index in [9.17, 15) is 22.8 Å². The molecule has 3 rings (SSSR count). The van der Waals surface area contributed by atoms with E-state index in [1.807, 2.05) is 6.07 Å². The van der Waals surface area contributed by atoms with Crippen molar-refractivity contribution in [2.75, 3.05) is 59.9 Å². The van der Waals surface area contributed by atoms with Crippen LogP contribution in [0.25, 0.3) is 0 Å². The molecule has 39 heavy (non-hydrogen) atoms. The minimum atomic E-state index is -4.71. The summed E-state index contributed by atoms with van der Waals surface area (Å²) >= 11 is 0. The van der Waals surface area contributed by atoms with Crippen LogP contribution in [0.2, 0.25) is 0 Å². The molecule has 1 saturated heterocycles. The van der Waals surface area contributed by atoms with Gasteiger partial charge in [0.25, 0.3) is 5.91 Å². The van der Waals surface area contributed by atoms with Crippen LogP contribution >= 0.6 is 0 Å². The van der Waals surface area contributed by atoms with E-state index in [0.717, 1.165) is 38.2 Å².